The largest absolute Gasteiger partial charge is 0.416 e. The molecule has 24 heavy (non-hydrogen) atoms. The fourth-order valence-electron chi connectivity index (χ4n) is 4.00. The third-order valence-electron chi connectivity index (χ3n) is 5.46. The first-order chi connectivity index (χ1) is 11.1. The van der Waals surface area contributed by atoms with Crippen molar-refractivity contribution in [2.75, 3.05) is 0 Å². The molecule has 0 aliphatic carbocycles. The lowest BCUT2D eigenvalue weighted by Crippen LogP contribution is -2.45. The van der Waals surface area contributed by atoms with Crippen molar-refractivity contribution < 1.29 is 22.6 Å². The van der Waals surface area contributed by atoms with Gasteiger partial charge in [-0.25, -0.2) is 0 Å². The molecule has 2 heterocycles. The number of halogens is 4. The van der Waals surface area contributed by atoms with Crippen LogP contribution >= 0.6 is 11.6 Å². The molecule has 4 atom stereocenters. The Balaban J connectivity index is 1.76. The molecular weight excluding hydrogens is 341 g/mol. The first-order valence-electron chi connectivity index (χ1n) is 8.19. The van der Waals surface area contributed by atoms with E-state index in [1.165, 1.54) is 12.1 Å². The van der Waals surface area contributed by atoms with Crippen LogP contribution in [0.2, 0.25) is 0 Å². The van der Waals surface area contributed by atoms with E-state index < -0.39 is 22.9 Å². The van der Waals surface area contributed by atoms with Crippen LogP contribution in [0.5, 0.6) is 0 Å². The molecule has 3 rings (SSSR count). The second-order valence-corrected chi connectivity index (χ2v) is 7.88. The molecule has 0 spiro atoms. The van der Waals surface area contributed by atoms with Crippen LogP contribution in [0.1, 0.15) is 44.7 Å². The van der Waals surface area contributed by atoms with E-state index >= 15 is 0 Å². The summed E-state index contributed by atoms with van der Waals surface area (Å²) in [5.74, 6) is 0.220. The van der Waals surface area contributed by atoms with E-state index in [2.05, 4.69) is 13.8 Å². The van der Waals surface area contributed by atoms with Crippen LogP contribution in [0.4, 0.5) is 13.2 Å². The van der Waals surface area contributed by atoms with E-state index in [-0.39, 0.29) is 29.6 Å². The van der Waals surface area contributed by atoms with Crippen molar-refractivity contribution in [1.82, 2.24) is 0 Å². The van der Waals surface area contributed by atoms with E-state index in [0.29, 0.717) is 12.8 Å². The molecule has 2 aliphatic rings. The summed E-state index contributed by atoms with van der Waals surface area (Å²) in [6.07, 6.45) is -3.37. The SMILES string of the molecule is CC(C)[C@]12C[C@@H](OCc3ccccc3C(F)(F)F)[C@](C)(C[C@@H]1Cl)O2. The molecule has 0 unspecified atom stereocenters. The smallest absolute Gasteiger partial charge is 0.370 e. The highest BCUT2D eigenvalue weighted by Gasteiger charge is 2.65. The van der Waals surface area contributed by atoms with Crippen molar-refractivity contribution >= 4 is 11.6 Å². The van der Waals surface area contributed by atoms with Gasteiger partial charge in [-0.15, -0.1) is 11.6 Å². The lowest BCUT2D eigenvalue weighted by atomic mass is 9.75. The van der Waals surface area contributed by atoms with E-state index in [4.69, 9.17) is 21.1 Å². The van der Waals surface area contributed by atoms with Gasteiger partial charge in [0.2, 0.25) is 0 Å². The van der Waals surface area contributed by atoms with Crippen LogP contribution in [0.25, 0.3) is 0 Å². The molecule has 2 aliphatic heterocycles. The van der Waals surface area contributed by atoms with Crippen molar-refractivity contribution in [3.8, 4) is 0 Å². The first kappa shape index (κ1) is 18.0. The fourth-order valence-corrected chi connectivity index (χ4v) is 4.70. The van der Waals surface area contributed by atoms with Gasteiger partial charge in [0.25, 0.3) is 0 Å². The Labute approximate surface area is 145 Å². The van der Waals surface area contributed by atoms with Gasteiger partial charge in [-0.05, 0) is 30.9 Å². The Hall–Kier alpha value is -0.780. The zero-order chi connectivity index (χ0) is 17.8. The maximum Gasteiger partial charge on any atom is 0.416 e. The molecular formula is C18H22ClF3O2. The van der Waals surface area contributed by atoms with Gasteiger partial charge in [0.1, 0.15) is 0 Å². The molecule has 0 radical (unpaired) electrons. The molecule has 134 valence electrons. The number of fused-ring (bicyclic) bond motifs is 2. The predicted molar refractivity (Wildman–Crippen MR) is 86.0 cm³/mol. The molecule has 2 saturated heterocycles. The number of hydrogen-bond acceptors (Lipinski definition) is 2. The van der Waals surface area contributed by atoms with Crippen LogP contribution in [-0.2, 0) is 22.3 Å². The second-order valence-electron chi connectivity index (χ2n) is 7.35. The molecule has 0 amide bonds. The maximum atomic E-state index is 13.1. The van der Waals surface area contributed by atoms with Gasteiger partial charge < -0.3 is 9.47 Å². The zero-order valence-corrected chi connectivity index (χ0v) is 14.7. The van der Waals surface area contributed by atoms with Gasteiger partial charge in [0, 0.05) is 6.42 Å². The van der Waals surface area contributed by atoms with Crippen molar-refractivity contribution in [1.29, 1.82) is 0 Å². The van der Waals surface area contributed by atoms with E-state index in [0.717, 1.165) is 6.07 Å². The van der Waals surface area contributed by atoms with Crippen LogP contribution < -0.4 is 0 Å². The van der Waals surface area contributed by atoms with Crippen molar-refractivity contribution in [2.45, 2.75) is 69.1 Å². The lowest BCUT2D eigenvalue weighted by Gasteiger charge is -2.35. The quantitative estimate of drug-likeness (QED) is 0.687. The molecule has 6 heteroatoms. The van der Waals surface area contributed by atoms with Crippen molar-refractivity contribution in [2.24, 2.45) is 5.92 Å². The minimum Gasteiger partial charge on any atom is -0.370 e. The second kappa shape index (κ2) is 5.89. The number of benzene rings is 1. The maximum absolute atomic E-state index is 13.1. The Morgan fingerprint density at radius 3 is 2.54 bits per heavy atom. The average Bonchev–Trinajstić information content (AvgIpc) is 2.92. The van der Waals surface area contributed by atoms with Crippen LogP contribution in [0.15, 0.2) is 24.3 Å². The summed E-state index contributed by atoms with van der Waals surface area (Å²) in [7, 11) is 0. The van der Waals surface area contributed by atoms with Crippen molar-refractivity contribution in [3.05, 3.63) is 35.4 Å². The van der Waals surface area contributed by atoms with Gasteiger partial charge >= 0.3 is 6.18 Å². The highest BCUT2D eigenvalue weighted by Crippen LogP contribution is 2.57. The first-order valence-corrected chi connectivity index (χ1v) is 8.63. The summed E-state index contributed by atoms with van der Waals surface area (Å²) < 4.78 is 51.4. The summed E-state index contributed by atoms with van der Waals surface area (Å²) >= 11 is 6.49. The van der Waals surface area contributed by atoms with Crippen LogP contribution in [-0.4, -0.2) is 22.7 Å². The Bertz CT molecular complexity index is 619. The van der Waals surface area contributed by atoms with E-state index in [1.807, 2.05) is 6.92 Å². The monoisotopic (exact) mass is 362 g/mol. The van der Waals surface area contributed by atoms with Crippen LogP contribution in [0, 0.1) is 5.92 Å². The van der Waals surface area contributed by atoms with Gasteiger partial charge in [-0.2, -0.15) is 13.2 Å². The Morgan fingerprint density at radius 1 is 1.29 bits per heavy atom. The lowest BCUT2D eigenvalue weighted by molar-refractivity contribution is -0.139. The summed E-state index contributed by atoms with van der Waals surface area (Å²) in [5.41, 5.74) is -1.49. The highest BCUT2D eigenvalue weighted by molar-refractivity contribution is 6.21. The highest BCUT2D eigenvalue weighted by atomic mass is 35.5. The van der Waals surface area contributed by atoms with E-state index in [1.54, 1.807) is 6.07 Å². The number of rotatable bonds is 4. The summed E-state index contributed by atoms with van der Waals surface area (Å²) in [5, 5.41) is -0.0928. The summed E-state index contributed by atoms with van der Waals surface area (Å²) in [6, 6.07) is 5.53. The zero-order valence-electron chi connectivity index (χ0n) is 14.0. The minimum atomic E-state index is -4.38. The molecule has 1 aromatic carbocycles. The number of ether oxygens (including phenoxy) is 2. The standard InChI is InChI=1S/C18H22ClF3O2/c1-11(2)17-9-15(16(3,24-17)8-14(17)19)23-10-12-6-4-5-7-13(12)18(20,21)22/h4-7,11,14-15H,8-10H2,1-3H3/t14-,15+,16-,17+/m0/s1. The van der Waals surface area contributed by atoms with Crippen molar-refractivity contribution in [3.63, 3.8) is 0 Å². The molecule has 0 aromatic heterocycles. The topological polar surface area (TPSA) is 18.5 Å². The fraction of sp³-hybridized carbons (Fsp3) is 0.667. The van der Waals surface area contributed by atoms with Crippen LogP contribution in [0.3, 0.4) is 0 Å². The third-order valence-corrected chi connectivity index (χ3v) is 5.99. The Kier molecular flexibility index (Phi) is 4.42. The predicted octanol–water partition coefficient (Wildman–Crippen LogP) is 5.18. The van der Waals surface area contributed by atoms with Gasteiger partial charge in [0.15, 0.2) is 0 Å². The minimum absolute atomic E-state index is 0.0829. The molecule has 1 aromatic rings. The van der Waals surface area contributed by atoms with E-state index in [9.17, 15) is 13.2 Å². The van der Waals surface area contributed by atoms with Gasteiger partial charge in [-0.3, -0.25) is 0 Å². The molecule has 2 fully saturated rings. The normalized spacial score (nSPS) is 35.8. The summed E-state index contributed by atoms with van der Waals surface area (Å²) in [6.45, 7) is 5.98. The number of alkyl halides is 4. The molecule has 2 nitrogen and oxygen atoms in total. The molecule has 0 saturated carbocycles. The Morgan fingerprint density at radius 2 is 1.96 bits per heavy atom. The number of hydrogen-bond donors (Lipinski definition) is 0. The molecule has 2 bridgehead atoms. The average molecular weight is 363 g/mol. The van der Waals surface area contributed by atoms with Gasteiger partial charge in [-0.1, -0.05) is 32.0 Å². The summed E-state index contributed by atoms with van der Waals surface area (Å²) in [4.78, 5) is 0. The van der Waals surface area contributed by atoms with Gasteiger partial charge in [0.05, 0.1) is 34.9 Å². The third kappa shape index (κ3) is 2.85. The molecule has 0 N–H and O–H groups in total.